The molecule has 4 heteroatoms. The third kappa shape index (κ3) is 4.33. The predicted molar refractivity (Wildman–Crippen MR) is 95.7 cm³/mol. The van der Waals surface area contributed by atoms with Crippen molar-refractivity contribution in [2.45, 2.75) is 29.3 Å². The summed E-state index contributed by atoms with van der Waals surface area (Å²) in [5.41, 5.74) is 1.25. The summed E-state index contributed by atoms with van der Waals surface area (Å²) in [6.07, 6.45) is 2.78. The molecule has 1 heterocycles. The van der Waals surface area contributed by atoms with E-state index < -0.39 is 0 Å². The fourth-order valence-corrected chi connectivity index (χ4v) is 3.14. The molecule has 0 aliphatic rings. The SMILES string of the molecule is CCC(Nc1nccc(Sc2ccccc2)n1)c1ccccc1. The molecule has 1 N–H and O–H groups in total. The highest BCUT2D eigenvalue weighted by Crippen LogP contribution is 2.27. The molecule has 3 rings (SSSR count). The number of nitrogens with zero attached hydrogens (tertiary/aromatic N) is 2. The third-order valence-electron chi connectivity index (χ3n) is 3.51. The van der Waals surface area contributed by atoms with Gasteiger partial charge in [0.1, 0.15) is 5.03 Å². The van der Waals surface area contributed by atoms with Crippen molar-refractivity contribution in [3.8, 4) is 0 Å². The Morgan fingerprint density at radius 3 is 2.35 bits per heavy atom. The quantitative estimate of drug-likeness (QED) is 0.634. The molecule has 1 aromatic heterocycles. The van der Waals surface area contributed by atoms with Crippen LogP contribution in [-0.2, 0) is 0 Å². The van der Waals surface area contributed by atoms with Crippen molar-refractivity contribution in [2.75, 3.05) is 5.32 Å². The second-order valence-corrected chi connectivity index (χ2v) is 6.24. The second-order valence-electron chi connectivity index (χ2n) is 5.15. The summed E-state index contributed by atoms with van der Waals surface area (Å²) in [5.74, 6) is 0.668. The van der Waals surface area contributed by atoms with E-state index >= 15 is 0 Å². The minimum Gasteiger partial charge on any atom is -0.347 e. The maximum absolute atomic E-state index is 4.62. The number of hydrogen-bond donors (Lipinski definition) is 1. The van der Waals surface area contributed by atoms with E-state index in [1.54, 1.807) is 18.0 Å². The number of aromatic nitrogens is 2. The molecule has 0 aliphatic heterocycles. The molecule has 3 nitrogen and oxygen atoms in total. The highest BCUT2D eigenvalue weighted by atomic mass is 32.2. The van der Waals surface area contributed by atoms with Gasteiger partial charge >= 0.3 is 0 Å². The molecule has 0 fully saturated rings. The van der Waals surface area contributed by atoms with E-state index in [9.17, 15) is 0 Å². The number of benzene rings is 2. The number of anilines is 1. The van der Waals surface area contributed by atoms with Gasteiger partial charge in [0.25, 0.3) is 0 Å². The molecular formula is C19H19N3S. The van der Waals surface area contributed by atoms with Crippen molar-refractivity contribution in [2.24, 2.45) is 0 Å². The van der Waals surface area contributed by atoms with Gasteiger partial charge in [-0.2, -0.15) is 0 Å². The summed E-state index contributed by atoms with van der Waals surface area (Å²) in [6, 6.07) is 22.8. The van der Waals surface area contributed by atoms with Gasteiger partial charge in [-0.1, -0.05) is 67.2 Å². The van der Waals surface area contributed by atoms with Crippen LogP contribution in [0.5, 0.6) is 0 Å². The molecule has 0 spiro atoms. The van der Waals surface area contributed by atoms with Gasteiger partial charge in [0, 0.05) is 11.1 Å². The first-order valence-electron chi connectivity index (χ1n) is 7.72. The first kappa shape index (κ1) is 15.6. The predicted octanol–water partition coefficient (Wildman–Crippen LogP) is 5.19. The van der Waals surface area contributed by atoms with Crippen molar-refractivity contribution in [1.82, 2.24) is 9.97 Å². The van der Waals surface area contributed by atoms with Crippen LogP contribution in [0.2, 0.25) is 0 Å². The molecule has 0 saturated heterocycles. The first-order chi connectivity index (χ1) is 11.3. The average molecular weight is 321 g/mol. The normalized spacial score (nSPS) is 11.9. The van der Waals surface area contributed by atoms with Gasteiger partial charge in [-0.3, -0.25) is 0 Å². The average Bonchev–Trinajstić information content (AvgIpc) is 2.62. The van der Waals surface area contributed by atoms with Crippen LogP contribution in [0.15, 0.2) is 82.8 Å². The van der Waals surface area contributed by atoms with Crippen molar-refractivity contribution < 1.29 is 0 Å². The van der Waals surface area contributed by atoms with E-state index in [0.29, 0.717) is 5.95 Å². The Labute approximate surface area is 141 Å². The zero-order valence-electron chi connectivity index (χ0n) is 13.0. The first-order valence-corrected chi connectivity index (χ1v) is 8.54. The molecule has 23 heavy (non-hydrogen) atoms. The van der Waals surface area contributed by atoms with E-state index in [1.165, 1.54) is 10.5 Å². The molecule has 3 aromatic rings. The van der Waals surface area contributed by atoms with E-state index in [2.05, 4.69) is 58.6 Å². The fraction of sp³-hybridized carbons (Fsp3) is 0.158. The summed E-state index contributed by atoms with van der Waals surface area (Å²) >= 11 is 1.64. The van der Waals surface area contributed by atoms with Gasteiger partial charge in [0.2, 0.25) is 5.95 Å². The monoisotopic (exact) mass is 321 g/mol. The minimum atomic E-state index is 0.216. The molecule has 1 atom stereocenters. The van der Waals surface area contributed by atoms with Gasteiger partial charge in [0.15, 0.2) is 0 Å². The summed E-state index contributed by atoms with van der Waals surface area (Å²) in [6.45, 7) is 2.16. The maximum Gasteiger partial charge on any atom is 0.224 e. The van der Waals surface area contributed by atoms with Crippen molar-refractivity contribution in [3.05, 3.63) is 78.5 Å². The summed E-state index contributed by atoms with van der Waals surface area (Å²) in [5, 5.41) is 4.38. The summed E-state index contributed by atoms with van der Waals surface area (Å²) in [7, 11) is 0. The Morgan fingerprint density at radius 1 is 0.957 bits per heavy atom. The van der Waals surface area contributed by atoms with Gasteiger partial charge in [-0.05, 0) is 30.2 Å². The Hall–Kier alpha value is -2.33. The van der Waals surface area contributed by atoms with E-state index in [-0.39, 0.29) is 6.04 Å². The highest BCUT2D eigenvalue weighted by molar-refractivity contribution is 7.99. The van der Waals surface area contributed by atoms with E-state index in [0.717, 1.165) is 11.4 Å². The molecule has 1 unspecified atom stereocenters. The third-order valence-corrected chi connectivity index (χ3v) is 4.45. The number of nitrogens with one attached hydrogen (secondary N) is 1. The van der Waals surface area contributed by atoms with Gasteiger partial charge in [-0.25, -0.2) is 9.97 Å². The maximum atomic E-state index is 4.62. The van der Waals surface area contributed by atoms with E-state index in [1.807, 2.05) is 30.3 Å². The van der Waals surface area contributed by atoms with Crippen LogP contribution in [0.3, 0.4) is 0 Å². The molecule has 2 aromatic carbocycles. The minimum absolute atomic E-state index is 0.216. The lowest BCUT2D eigenvalue weighted by atomic mass is 10.1. The lowest BCUT2D eigenvalue weighted by Crippen LogP contribution is -2.12. The lowest BCUT2D eigenvalue weighted by Gasteiger charge is -2.17. The van der Waals surface area contributed by atoms with Crippen LogP contribution < -0.4 is 5.32 Å². The molecule has 0 saturated carbocycles. The van der Waals surface area contributed by atoms with E-state index in [4.69, 9.17) is 0 Å². The molecule has 0 aliphatic carbocycles. The van der Waals surface area contributed by atoms with Crippen molar-refractivity contribution >= 4 is 17.7 Å². The zero-order chi connectivity index (χ0) is 15.9. The molecular weight excluding hydrogens is 302 g/mol. The Bertz CT molecular complexity index is 732. The Balaban J connectivity index is 1.74. The van der Waals surface area contributed by atoms with Crippen molar-refractivity contribution in [3.63, 3.8) is 0 Å². The molecule has 0 amide bonds. The van der Waals surface area contributed by atoms with Gasteiger partial charge < -0.3 is 5.32 Å². The number of rotatable bonds is 6. The Morgan fingerprint density at radius 2 is 1.65 bits per heavy atom. The molecule has 0 bridgehead atoms. The Kier molecular flexibility index (Phi) is 5.27. The van der Waals surface area contributed by atoms with Crippen LogP contribution in [0.4, 0.5) is 5.95 Å². The highest BCUT2D eigenvalue weighted by Gasteiger charge is 2.10. The fourth-order valence-electron chi connectivity index (χ4n) is 2.34. The topological polar surface area (TPSA) is 37.8 Å². The smallest absolute Gasteiger partial charge is 0.224 e. The molecule has 0 radical (unpaired) electrons. The van der Waals surface area contributed by atoms with Crippen LogP contribution in [0, 0.1) is 0 Å². The van der Waals surface area contributed by atoms with Crippen molar-refractivity contribution in [1.29, 1.82) is 0 Å². The largest absolute Gasteiger partial charge is 0.347 e. The summed E-state index contributed by atoms with van der Waals surface area (Å²) in [4.78, 5) is 10.2. The van der Waals surface area contributed by atoms with Gasteiger partial charge in [-0.15, -0.1) is 0 Å². The molecule has 116 valence electrons. The van der Waals surface area contributed by atoms with Crippen LogP contribution in [0.1, 0.15) is 24.9 Å². The lowest BCUT2D eigenvalue weighted by molar-refractivity contribution is 0.735. The zero-order valence-corrected chi connectivity index (χ0v) is 13.8. The van der Waals surface area contributed by atoms with Crippen LogP contribution in [-0.4, -0.2) is 9.97 Å². The van der Waals surface area contributed by atoms with Crippen LogP contribution >= 0.6 is 11.8 Å². The van der Waals surface area contributed by atoms with Gasteiger partial charge in [0.05, 0.1) is 6.04 Å². The van der Waals surface area contributed by atoms with Crippen LogP contribution in [0.25, 0.3) is 0 Å². The summed E-state index contributed by atoms with van der Waals surface area (Å²) < 4.78 is 0. The standard InChI is InChI=1S/C19H19N3S/c1-2-17(15-9-5-3-6-10-15)21-19-20-14-13-18(22-19)23-16-11-7-4-8-12-16/h3-14,17H,2H2,1H3,(H,20,21,22). The number of hydrogen-bond acceptors (Lipinski definition) is 4. The second kappa shape index (κ2) is 7.79.